The fraction of sp³-hybridized carbons (Fsp3) is 0.462. The van der Waals surface area contributed by atoms with E-state index in [1.165, 1.54) is 6.42 Å². The van der Waals surface area contributed by atoms with Crippen molar-refractivity contribution in [1.82, 2.24) is 0 Å². The molecule has 1 saturated heterocycles. The van der Waals surface area contributed by atoms with E-state index < -0.39 is 0 Å². The van der Waals surface area contributed by atoms with Crippen molar-refractivity contribution in [2.75, 3.05) is 23.7 Å². The first kappa shape index (κ1) is 10.8. The van der Waals surface area contributed by atoms with Crippen LogP contribution < -0.4 is 10.6 Å². The van der Waals surface area contributed by atoms with Crippen molar-refractivity contribution in [2.24, 2.45) is 5.41 Å². The quantitative estimate of drug-likeness (QED) is 0.732. The van der Waals surface area contributed by atoms with Crippen molar-refractivity contribution in [2.45, 2.75) is 20.3 Å². The Kier molecular flexibility index (Phi) is 2.51. The Bertz CT molecular complexity index is 443. The molecule has 0 atom stereocenters. The third kappa shape index (κ3) is 1.96. The van der Waals surface area contributed by atoms with E-state index >= 15 is 0 Å². The highest BCUT2D eigenvalue weighted by Crippen LogP contribution is 2.34. The molecule has 2 N–H and O–H groups in total. The highest BCUT2D eigenvalue weighted by molar-refractivity contribution is 5.64. The maximum absolute atomic E-state index is 9.10. The number of hydrogen-bond acceptors (Lipinski definition) is 3. The Hall–Kier alpha value is -1.69. The minimum Gasteiger partial charge on any atom is -0.399 e. The molecule has 3 nitrogen and oxygen atoms in total. The Morgan fingerprint density at radius 3 is 2.75 bits per heavy atom. The van der Waals surface area contributed by atoms with E-state index in [2.05, 4.69) is 24.8 Å². The zero-order chi connectivity index (χ0) is 11.8. The summed E-state index contributed by atoms with van der Waals surface area (Å²) in [5.74, 6) is 0. The lowest BCUT2D eigenvalue weighted by Gasteiger charge is -2.22. The third-order valence-corrected chi connectivity index (χ3v) is 3.16. The second-order valence-corrected chi connectivity index (χ2v) is 5.22. The maximum Gasteiger partial charge on any atom is 0.101 e. The molecule has 0 bridgehead atoms. The fourth-order valence-electron chi connectivity index (χ4n) is 2.24. The summed E-state index contributed by atoms with van der Waals surface area (Å²) >= 11 is 0. The van der Waals surface area contributed by atoms with E-state index in [1.54, 1.807) is 6.07 Å². The number of nitrogens with two attached hydrogens (primary N) is 1. The van der Waals surface area contributed by atoms with Crippen molar-refractivity contribution < 1.29 is 0 Å². The summed E-state index contributed by atoms with van der Waals surface area (Å²) in [6.07, 6.45) is 1.17. The Balaban J connectivity index is 2.32. The largest absolute Gasteiger partial charge is 0.399 e. The van der Waals surface area contributed by atoms with Gasteiger partial charge < -0.3 is 10.6 Å². The molecule has 84 valence electrons. The number of nitrogen functional groups attached to an aromatic ring is 1. The first-order valence-electron chi connectivity index (χ1n) is 5.56. The van der Waals surface area contributed by atoms with Crippen LogP contribution in [0.5, 0.6) is 0 Å². The number of nitrogens with zero attached hydrogens (tertiary/aromatic N) is 2. The van der Waals surface area contributed by atoms with Gasteiger partial charge in [0, 0.05) is 18.8 Å². The molecular weight excluding hydrogens is 198 g/mol. The minimum absolute atomic E-state index is 0.341. The van der Waals surface area contributed by atoms with Crippen LogP contribution in [-0.4, -0.2) is 13.1 Å². The van der Waals surface area contributed by atoms with E-state index in [-0.39, 0.29) is 0 Å². The molecule has 1 fully saturated rings. The number of rotatable bonds is 1. The second-order valence-electron chi connectivity index (χ2n) is 5.22. The summed E-state index contributed by atoms with van der Waals surface area (Å²) in [5, 5.41) is 9.10. The smallest absolute Gasteiger partial charge is 0.101 e. The van der Waals surface area contributed by atoms with E-state index in [1.807, 2.05) is 12.1 Å². The molecule has 1 heterocycles. The van der Waals surface area contributed by atoms with Crippen molar-refractivity contribution in [3.8, 4) is 6.07 Å². The van der Waals surface area contributed by atoms with Gasteiger partial charge in [-0.2, -0.15) is 5.26 Å². The first-order chi connectivity index (χ1) is 7.52. The fourth-order valence-corrected chi connectivity index (χ4v) is 2.24. The zero-order valence-electron chi connectivity index (χ0n) is 9.83. The van der Waals surface area contributed by atoms with E-state index in [4.69, 9.17) is 11.0 Å². The lowest BCUT2D eigenvalue weighted by atomic mass is 9.93. The lowest BCUT2D eigenvalue weighted by molar-refractivity contribution is 0.418. The lowest BCUT2D eigenvalue weighted by Crippen LogP contribution is -2.23. The number of anilines is 2. The van der Waals surface area contributed by atoms with Gasteiger partial charge in [-0.05, 0) is 30.0 Å². The predicted molar refractivity (Wildman–Crippen MR) is 66.2 cm³/mol. The minimum atomic E-state index is 0.341. The van der Waals surface area contributed by atoms with Crippen LogP contribution in [-0.2, 0) is 0 Å². The van der Waals surface area contributed by atoms with E-state index in [0.29, 0.717) is 16.7 Å². The first-order valence-corrected chi connectivity index (χ1v) is 5.56. The van der Waals surface area contributed by atoms with Gasteiger partial charge in [-0.15, -0.1) is 0 Å². The van der Waals surface area contributed by atoms with Crippen molar-refractivity contribution in [3.63, 3.8) is 0 Å². The molecule has 1 aliphatic heterocycles. The third-order valence-electron chi connectivity index (χ3n) is 3.16. The molecule has 0 amide bonds. The Morgan fingerprint density at radius 2 is 2.19 bits per heavy atom. The van der Waals surface area contributed by atoms with Gasteiger partial charge in [-0.3, -0.25) is 0 Å². The van der Waals surface area contributed by atoms with Crippen molar-refractivity contribution >= 4 is 11.4 Å². The van der Waals surface area contributed by atoms with Crippen LogP contribution in [0, 0.1) is 16.7 Å². The molecule has 0 aromatic heterocycles. The monoisotopic (exact) mass is 215 g/mol. The summed E-state index contributed by atoms with van der Waals surface area (Å²) in [4.78, 5) is 2.28. The normalized spacial score (nSPS) is 18.4. The van der Waals surface area contributed by atoms with E-state index in [0.717, 1.165) is 18.8 Å². The average Bonchev–Trinajstić information content (AvgIpc) is 2.58. The molecular formula is C13H17N3. The number of nitriles is 1. The Labute approximate surface area is 96.5 Å². The molecule has 2 rings (SSSR count). The van der Waals surface area contributed by atoms with Gasteiger partial charge >= 0.3 is 0 Å². The van der Waals surface area contributed by atoms with Crippen LogP contribution in [0.15, 0.2) is 18.2 Å². The van der Waals surface area contributed by atoms with E-state index in [9.17, 15) is 0 Å². The van der Waals surface area contributed by atoms with Gasteiger partial charge in [-0.25, -0.2) is 0 Å². The molecule has 0 radical (unpaired) electrons. The molecule has 0 spiro atoms. The van der Waals surface area contributed by atoms with Crippen molar-refractivity contribution in [3.05, 3.63) is 23.8 Å². The van der Waals surface area contributed by atoms with Crippen LogP contribution in [0.1, 0.15) is 25.8 Å². The van der Waals surface area contributed by atoms with Gasteiger partial charge in [-0.1, -0.05) is 13.8 Å². The van der Waals surface area contributed by atoms with Crippen LogP contribution in [0.4, 0.5) is 11.4 Å². The molecule has 1 aromatic carbocycles. The van der Waals surface area contributed by atoms with Gasteiger partial charge in [0.1, 0.15) is 6.07 Å². The zero-order valence-corrected chi connectivity index (χ0v) is 9.83. The van der Waals surface area contributed by atoms with Crippen LogP contribution >= 0.6 is 0 Å². The molecule has 16 heavy (non-hydrogen) atoms. The topological polar surface area (TPSA) is 53.0 Å². The highest BCUT2D eigenvalue weighted by Gasteiger charge is 2.30. The predicted octanol–water partition coefficient (Wildman–Crippen LogP) is 2.38. The van der Waals surface area contributed by atoms with Gasteiger partial charge in [0.15, 0.2) is 0 Å². The summed E-state index contributed by atoms with van der Waals surface area (Å²) in [6, 6.07) is 7.79. The molecule has 1 aromatic rings. The maximum atomic E-state index is 9.10. The Morgan fingerprint density at radius 1 is 1.44 bits per heavy atom. The van der Waals surface area contributed by atoms with Gasteiger partial charge in [0.2, 0.25) is 0 Å². The second kappa shape index (κ2) is 3.71. The average molecular weight is 215 g/mol. The summed E-state index contributed by atoms with van der Waals surface area (Å²) in [6.45, 7) is 6.55. The standard InChI is InChI=1S/C13H17N3/c1-13(2)5-6-16(9-13)12-4-3-11(15)7-10(12)8-14/h3-4,7H,5-6,9,15H2,1-2H3. The van der Waals surface area contributed by atoms with Gasteiger partial charge in [0.25, 0.3) is 0 Å². The SMILES string of the molecule is CC1(C)CCN(c2ccc(N)cc2C#N)C1. The summed E-state index contributed by atoms with van der Waals surface area (Å²) < 4.78 is 0. The molecule has 0 saturated carbocycles. The summed E-state index contributed by atoms with van der Waals surface area (Å²) in [7, 11) is 0. The molecule has 1 aliphatic rings. The molecule has 3 heteroatoms. The molecule has 0 unspecified atom stereocenters. The van der Waals surface area contributed by atoms with Crippen LogP contribution in [0.25, 0.3) is 0 Å². The van der Waals surface area contributed by atoms with Crippen molar-refractivity contribution in [1.29, 1.82) is 5.26 Å². The summed E-state index contributed by atoms with van der Waals surface area (Å²) in [5.41, 5.74) is 8.37. The van der Waals surface area contributed by atoms with Crippen LogP contribution in [0.2, 0.25) is 0 Å². The molecule has 0 aliphatic carbocycles. The van der Waals surface area contributed by atoms with Gasteiger partial charge in [0.05, 0.1) is 11.3 Å². The number of benzene rings is 1. The van der Waals surface area contributed by atoms with Crippen LogP contribution in [0.3, 0.4) is 0 Å². The number of hydrogen-bond donors (Lipinski definition) is 1. The highest BCUT2D eigenvalue weighted by atomic mass is 15.2.